The SMILES string of the molecule is CCOCCCNC(=NCc1ccc(F)c(CN(C)C)c1)NCc1ccc(OC)cc1. The molecule has 170 valence electrons. The smallest absolute Gasteiger partial charge is 0.191 e. The lowest BCUT2D eigenvalue weighted by atomic mass is 10.1. The van der Waals surface area contributed by atoms with Crippen molar-refractivity contribution >= 4 is 5.96 Å². The number of guanidine groups is 1. The van der Waals surface area contributed by atoms with Gasteiger partial charge in [0.05, 0.1) is 13.7 Å². The molecule has 0 aliphatic carbocycles. The Morgan fingerprint density at radius 3 is 2.48 bits per heavy atom. The third-order valence-corrected chi connectivity index (χ3v) is 4.60. The highest BCUT2D eigenvalue weighted by Gasteiger charge is 2.06. The first-order chi connectivity index (χ1) is 15.0. The van der Waals surface area contributed by atoms with Crippen molar-refractivity contribution < 1.29 is 13.9 Å². The fourth-order valence-electron chi connectivity index (χ4n) is 2.99. The van der Waals surface area contributed by atoms with Crippen molar-refractivity contribution in [3.8, 4) is 5.75 Å². The van der Waals surface area contributed by atoms with E-state index in [4.69, 9.17) is 14.5 Å². The minimum absolute atomic E-state index is 0.187. The van der Waals surface area contributed by atoms with Gasteiger partial charge in [0.2, 0.25) is 0 Å². The maximum absolute atomic E-state index is 14.1. The van der Waals surface area contributed by atoms with Gasteiger partial charge in [0, 0.05) is 38.4 Å². The first-order valence-electron chi connectivity index (χ1n) is 10.7. The summed E-state index contributed by atoms with van der Waals surface area (Å²) in [6, 6.07) is 13.1. The number of rotatable bonds is 12. The Morgan fingerprint density at radius 2 is 1.81 bits per heavy atom. The number of halogens is 1. The van der Waals surface area contributed by atoms with Crippen LogP contribution in [0.25, 0.3) is 0 Å². The summed E-state index contributed by atoms with van der Waals surface area (Å²) in [7, 11) is 5.51. The molecule has 0 saturated carbocycles. The summed E-state index contributed by atoms with van der Waals surface area (Å²) >= 11 is 0. The molecule has 31 heavy (non-hydrogen) atoms. The molecule has 0 fully saturated rings. The van der Waals surface area contributed by atoms with Gasteiger partial charge in [-0.3, -0.25) is 0 Å². The zero-order valence-electron chi connectivity index (χ0n) is 19.1. The predicted molar refractivity (Wildman–Crippen MR) is 124 cm³/mol. The molecule has 0 radical (unpaired) electrons. The van der Waals surface area contributed by atoms with Gasteiger partial charge in [-0.25, -0.2) is 9.38 Å². The minimum atomic E-state index is -0.187. The van der Waals surface area contributed by atoms with Crippen molar-refractivity contribution in [2.24, 2.45) is 4.99 Å². The minimum Gasteiger partial charge on any atom is -0.497 e. The lowest BCUT2D eigenvalue weighted by molar-refractivity contribution is 0.145. The average Bonchev–Trinajstić information content (AvgIpc) is 2.77. The molecule has 0 saturated heterocycles. The van der Waals surface area contributed by atoms with Crippen LogP contribution in [0.3, 0.4) is 0 Å². The number of methoxy groups -OCH3 is 1. The number of hydrogen-bond donors (Lipinski definition) is 2. The molecule has 0 unspecified atom stereocenters. The molecule has 0 aliphatic heterocycles. The first kappa shape index (κ1) is 24.6. The molecule has 0 aliphatic rings. The number of ether oxygens (including phenoxy) is 2. The highest BCUT2D eigenvalue weighted by atomic mass is 19.1. The van der Waals surface area contributed by atoms with E-state index in [1.54, 1.807) is 13.2 Å². The van der Waals surface area contributed by atoms with Crippen LogP contribution < -0.4 is 15.4 Å². The number of nitrogens with zero attached hydrogens (tertiary/aromatic N) is 2. The van der Waals surface area contributed by atoms with Gasteiger partial charge < -0.3 is 25.0 Å². The van der Waals surface area contributed by atoms with Crippen molar-refractivity contribution in [1.29, 1.82) is 0 Å². The molecule has 0 bridgehead atoms. The summed E-state index contributed by atoms with van der Waals surface area (Å²) in [6.45, 7) is 5.83. The van der Waals surface area contributed by atoms with E-state index in [1.165, 1.54) is 6.07 Å². The molecule has 0 amide bonds. The molecule has 0 aromatic heterocycles. The largest absolute Gasteiger partial charge is 0.497 e. The van der Waals surface area contributed by atoms with Gasteiger partial charge >= 0.3 is 0 Å². The monoisotopic (exact) mass is 430 g/mol. The summed E-state index contributed by atoms with van der Waals surface area (Å²) in [4.78, 5) is 6.65. The molecular weight excluding hydrogens is 395 g/mol. The van der Waals surface area contributed by atoms with Gasteiger partial charge in [-0.15, -0.1) is 0 Å². The summed E-state index contributed by atoms with van der Waals surface area (Å²) in [6.07, 6.45) is 0.889. The summed E-state index contributed by atoms with van der Waals surface area (Å²) in [5.74, 6) is 1.36. The van der Waals surface area contributed by atoms with Crippen molar-refractivity contribution in [3.05, 3.63) is 65.0 Å². The Labute approximate surface area is 185 Å². The number of nitrogens with one attached hydrogen (secondary N) is 2. The second-order valence-electron chi connectivity index (χ2n) is 7.51. The van der Waals surface area contributed by atoms with E-state index in [-0.39, 0.29) is 5.82 Å². The summed E-state index contributed by atoms with van der Waals surface area (Å²) in [5, 5.41) is 6.72. The second-order valence-corrected chi connectivity index (χ2v) is 7.51. The third-order valence-electron chi connectivity index (χ3n) is 4.60. The van der Waals surface area contributed by atoms with Crippen LogP contribution in [0.1, 0.15) is 30.0 Å². The van der Waals surface area contributed by atoms with Gasteiger partial charge in [-0.2, -0.15) is 0 Å². The van der Waals surface area contributed by atoms with Gasteiger partial charge in [0.1, 0.15) is 11.6 Å². The molecule has 0 atom stereocenters. The van der Waals surface area contributed by atoms with Gasteiger partial charge in [0.25, 0.3) is 0 Å². The van der Waals surface area contributed by atoms with Crippen LogP contribution in [0.4, 0.5) is 4.39 Å². The van der Waals surface area contributed by atoms with Gasteiger partial charge in [0.15, 0.2) is 5.96 Å². The Kier molecular flexibility index (Phi) is 10.8. The van der Waals surface area contributed by atoms with Crippen LogP contribution in [-0.2, 0) is 24.4 Å². The van der Waals surface area contributed by atoms with Gasteiger partial charge in [-0.1, -0.05) is 18.2 Å². The van der Waals surface area contributed by atoms with Crippen molar-refractivity contribution in [2.45, 2.75) is 33.0 Å². The van der Waals surface area contributed by atoms with Crippen LogP contribution >= 0.6 is 0 Å². The Morgan fingerprint density at radius 1 is 1.06 bits per heavy atom. The molecule has 0 heterocycles. The van der Waals surface area contributed by atoms with E-state index >= 15 is 0 Å². The number of aliphatic imine (C=N–C) groups is 1. The predicted octanol–water partition coefficient (Wildman–Crippen LogP) is 3.56. The summed E-state index contributed by atoms with van der Waals surface area (Å²) < 4.78 is 24.7. The van der Waals surface area contributed by atoms with Crippen LogP contribution in [-0.4, -0.2) is 51.8 Å². The molecule has 2 aromatic carbocycles. The number of benzene rings is 2. The van der Waals surface area contributed by atoms with Crippen LogP contribution in [0.2, 0.25) is 0 Å². The zero-order chi connectivity index (χ0) is 22.5. The Balaban J connectivity index is 2.02. The first-order valence-corrected chi connectivity index (χ1v) is 10.7. The molecule has 7 heteroatoms. The zero-order valence-corrected chi connectivity index (χ0v) is 19.1. The summed E-state index contributed by atoms with van der Waals surface area (Å²) in [5.41, 5.74) is 2.77. The highest BCUT2D eigenvalue weighted by molar-refractivity contribution is 5.79. The molecule has 0 spiro atoms. The average molecular weight is 431 g/mol. The third kappa shape index (κ3) is 9.36. The second kappa shape index (κ2) is 13.6. The van der Waals surface area contributed by atoms with Crippen molar-refractivity contribution in [1.82, 2.24) is 15.5 Å². The van der Waals surface area contributed by atoms with Crippen LogP contribution in [0.15, 0.2) is 47.5 Å². The van der Waals surface area contributed by atoms with Gasteiger partial charge in [-0.05, 0) is 62.8 Å². The molecule has 2 rings (SSSR count). The normalized spacial score (nSPS) is 11.6. The highest BCUT2D eigenvalue weighted by Crippen LogP contribution is 2.13. The lowest BCUT2D eigenvalue weighted by Crippen LogP contribution is -2.37. The van der Waals surface area contributed by atoms with E-state index in [0.29, 0.717) is 37.8 Å². The lowest BCUT2D eigenvalue weighted by Gasteiger charge is -2.14. The fourth-order valence-corrected chi connectivity index (χ4v) is 2.99. The van der Waals surface area contributed by atoms with E-state index < -0.39 is 0 Å². The van der Waals surface area contributed by atoms with E-state index in [0.717, 1.165) is 36.4 Å². The molecule has 2 N–H and O–H groups in total. The fraction of sp³-hybridized carbons (Fsp3) is 0.458. The van der Waals surface area contributed by atoms with E-state index in [9.17, 15) is 4.39 Å². The van der Waals surface area contributed by atoms with Crippen LogP contribution in [0, 0.1) is 5.82 Å². The van der Waals surface area contributed by atoms with Crippen molar-refractivity contribution in [3.63, 3.8) is 0 Å². The maximum atomic E-state index is 14.1. The maximum Gasteiger partial charge on any atom is 0.191 e. The molecular formula is C24H35FN4O2. The topological polar surface area (TPSA) is 58.1 Å². The molecule has 6 nitrogen and oxygen atoms in total. The quantitative estimate of drug-likeness (QED) is 0.306. The van der Waals surface area contributed by atoms with E-state index in [2.05, 4.69) is 10.6 Å². The van der Waals surface area contributed by atoms with Crippen LogP contribution in [0.5, 0.6) is 5.75 Å². The van der Waals surface area contributed by atoms with Crippen molar-refractivity contribution in [2.75, 3.05) is 41.0 Å². The van der Waals surface area contributed by atoms with E-state index in [1.807, 2.05) is 56.3 Å². The number of hydrogen-bond acceptors (Lipinski definition) is 4. The Bertz CT molecular complexity index is 810. The Hall–Kier alpha value is -2.64. The standard InChI is InChI=1S/C24H35FN4O2/c1-5-31-14-6-13-26-24(27-16-19-7-10-22(30-4)11-8-19)28-17-20-9-12-23(25)21(15-20)18-29(2)3/h7-12,15H,5-6,13-14,16-18H2,1-4H3,(H2,26,27,28). The molecule has 2 aromatic rings.